The SMILES string of the molecule is CNC(=O)OC(Cc1ccc(NC(=O)[C@H](C)NC(=O)[C@H](C)NC(=O)OC(C)(C)C)cc1)c1ccccc1C(=O)N1C(=O)CCC(N2Cc3cc(CNC(=O)Nc4ccc(C)c(Cl)c4)ccc3C2=O)C1=O. The number of nitrogens with zero attached hydrogens (tertiary/aromatic N) is 2. The topological polar surface area (TPSA) is 251 Å². The summed E-state index contributed by atoms with van der Waals surface area (Å²) in [6.45, 7) is 9.97. The van der Waals surface area contributed by atoms with E-state index in [9.17, 15) is 43.2 Å². The van der Waals surface area contributed by atoms with E-state index in [-0.39, 0.29) is 43.5 Å². The van der Waals surface area contributed by atoms with Gasteiger partial charge in [0.25, 0.3) is 17.7 Å². The third-order valence-corrected chi connectivity index (χ3v) is 11.8. The number of nitrogens with one attached hydrogen (secondary N) is 6. The van der Waals surface area contributed by atoms with Crippen molar-refractivity contribution in [2.24, 2.45) is 0 Å². The highest BCUT2D eigenvalue weighted by atomic mass is 35.5. The molecule has 0 radical (unpaired) electrons. The standard InChI is InChI=1S/C50H55ClN8O11/c1-27-12-16-34(24-38(27)51)57-47(66)53-25-31-15-19-35-32(22-31)26-58(44(35)63)39-20-21-41(60)59(46(39)65)45(64)37-11-9-8-10-36(37)40(69-48(67)52-7)23-30-13-17-33(18-14-30)56-43(62)28(2)54-42(61)29(3)55-49(68)70-50(4,5)6/h8-19,22,24,28-29,39-40H,20-21,23,25-26H2,1-7H3,(H,52,67)(H,54,61)(H,55,68)(H,56,62)(H2,53,57,66)/t28-,29-,39?,40?/m0/s1. The van der Waals surface area contributed by atoms with Crippen molar-refractivity contribution in [2.75, 3.05) is 17.7 Å². The number of urea groups is 1. The van der Waals surface area contributed by atoms with E-state index in [1.54, 1.807) is 93.6 Å². The minimum absolute atomic E-state index is 0.00971. The number of hydrogen-bond acceptors (Lipinski definition) is 11. The average Bonchev–Trinajstić information content (AvgIpc) is 3.63. The number of imide groups is 3. The fraction of sp³-hybridized carbons (Fsp3) is 0.340. The number of ether oxygens (including phenoxy) is 2. The molecule has 0 bridgehead atoms. The lowest BCUT2D eigenvalue weighted by Crippen LogP contribution is -2.56. The molecule has 2 aliphatic rings. The second-order valence-corrected chi connectivity index (χ2v) is 18.3. The molecule has 0 aliphatic carbocycles. The quantitative estimate of drug-likeness (QED) is 0.0768. The number of carbonyl (C=O) groups is 9. The van der Waals surface area contributed by atoms with Crippen LogP contribution in [0.1, 0.15) is 102 Å². The zero-order chi connectivity index (χ0) is 51.0. The van der Waals surface area contributed by atoms with E-state index in [4.69, 9.17) is 21.1 Å². The van der Waals surface area contributed by atoms with Gasteiger partial charge in [-0.25, -0.2) is 19.3 Å². The zero-order valence-corrected chi connectivity index (χ0v) is 40.4. The lowest BCUT2D eigenvalue weighted by atomic mass is 9.94. The first kappa shape index (κ1) is 51.6. The Hall–Kier alpha value is -7.80. The average molecular weight is 979 g/mol. The lowest BCUT2D eigenvalue weighted by Gasteiger charge is -2.34. The lowest BCUT2D eigenvalue weighted by molar-refractivity contribution is -0.148. The summed E-state index contributed by atoms with van der Waals surface area (Å²) in [5.74, 6) is -4.21. The van der Waals surface area contributed by atoms with Crippen LogP contribution in [0, 0.1) is 6.92 Å². The second kappa shape index (κ2) is 22.1. The van der Waals surface area contributed by atoms with Crippen molar-refractivity contribution in [2.45, 2.75) is 104 Å². The molecule has 1 fully saturated rings. The Morgan fingerprint density at radius 1 is 0.800 bits per heavy atom. The smallest absolute Gasteiger partial charge is 0.408 e. The maximum absolute atomic E-state index is 14.4. The number of hydrogen-bond donors (Lipinski definition) is 6. The highest BCUT2D eigenvalue weighted by Gasteiger charge is 2.46. The molecule has 6 N–H and O–H groups in total. The summed E-state index contributed by atoms with van der Waals surface area (Å²) in [5, 5.41) is 16.1. The van der Waals surface area contributed by atoms with Crippen molar-refractivity contribution < 1.29 is 52.6 Å². The predicted molar refractivity (Wildman–Crippen MR) is 258 cm³/mol. The number of piperidine rings is 1. The van der Waals surface area contributed by atoms with Gasteiger partial charge in [0, 0.05) is 66.1 Å². The molecule has 70 heavy (non-hydrogen) atoms. The summed E-state index contributed by atoms with van der Waals surface area (Å²) in [6, 6.07) is 19.2. The Balaban J connectivity index is 1.11. The van der Waals surface area contributed by atoms with E-state index < -0.39 is 83.5 Å². The Kier molecular flexibility index (Phi) is 16.3. The highest BCUT2D eigenvalue weighted by Crippen LogP contribution is 2.33. The van der Waals surface area contributed by atoms with Crippen LogP contribution in [0.2, 0.25) is 5.02 Å². The van der Waals surface area contributed by atoms with Gasteiger partial charge in [0.15, 0.2) is 0 Å². The van der Waals surface area contributed by atoms with Crippen LogP contribution in [0.15, 0.2) is 84.9 Å². The van der Waals surface area contributed by atoms with Crippen LogP contribution in [-0.4, -0.2) is 94.2 Å². The Labute approximate surface area is 409 Å². The maximum Gasteiger partial charge on any atom is 0.408 e. The Morgan fingerprint density at radius 2 is 1.47 bits per heavy atom. The molecule has 2 aliphatic heterocycles. The number of carbonyl (C=O) groups excluding carboxylic acids is 9. The van der Waals surface area contributed by atoms with E-state index in [0.717, 1.165) is 5.56 Å². The van der Waals surface area contributed by atoms with Crippen LogP contribution >= 0.6 is 11.6 Å². The summed E-state index contributed by atoms with van der Waals surface area (Å²) in [4.78, 5) is 121. The van der Waals surface area contributed by atoms with Crippen LogP contribution in [-0.2, 0) is 48.2 Å². The van der Waals surface area contributed by atoms with E-state index in [1.807, 2.05) is 6.92 Å². The molecule has 1 saturated heterocycles. The number of rotatable bonds is 14. The summed E-state index contributed by atoms with van der Waals surface area (Å²) in [6.07, 6.45) is -2.95. The number of aryl methyl sites for hydroxylation is 1. The van der Waals surface area contributed by atoms with Crippen molar-refractivity contribution in [1.29, 1.82) is 0 Å². The van der Waals surface area contributed by atoms with Gasteiger partial charge in [0.1, 0.15) is 29.8 Å². The van der Waals surface area contributed by atoms with Crippen molar-refractivity contribution in [1.82, 2.24) is 31.1 Å². The first-order chi connectivity index (χ1) is 33.1. The number of alkyl carbamates (subject to hydrolysis) is 2. The molecule has 4 atom stereocenters. The van der Waals surface area contributed by atoms with Gasteiger partial charge in [0.05, 0.1) is 0 Å². The number of amides is 10. The molecular weight excluding hydrogens is 924 g/mol. The van der Waals surface area contributed by atoms with Crippen molar-refractivity contribution in [3.63, 3.8) is 0 Å². The number of halogens is 1. The van der Waals surface area contributed by atoms with E-state index in [0.29, 0.717) is 43.6 Å². The molecule has 0 saturated carbocycles. The summed E-state index contributed by atoms with van der Waals surface area (Å²) < 4.78 is 10.9. The molecule has 2 unspecified atom stereocenters. The number of fused-ring (bicyclic) bond motifs is 1. The molecule has 4 aromatic carbocycles. The number of anilines is 2. The molecule has 4 aromatic rings. The van der Waals surface area contributed by atoms with E-state index in [2.05, 4.69) is 31.9 Å². The number of benzene rings is 4. The van der Waals surface area contributed by atoms with Gasteiger partial charge in [-0.15, -0.1) is 0 Å². The van der Waals surface area contributed by atoms with Crippen LogP contribution in [0.25, 0.3) is 0 Å². The highest BCUT2D eigenvalue weighted by molar-refractivity contribution is 6.31. The molecule has 19 nitrogen and oxygen atoms in total. The van der Waals surface area contributed by atoms with Gasteiger partial charge in [-0.05, 0) is 107 Å². The van der Waals surface area contributed by atoms with E-state index in [1.165, 1.54) is 37.9 Å². The summed E-state index contributed by atoms with van der Waals surface area (Å²) in [7, 11) is 1.36. The van der Waals surface area contributed by atoms with Crippen molar-refractivity contribution >= 4 is 76.6 Å². The van der Waals surface area contributed by atoms with Gasteiger partial charge < -0.3 is 46.3 Å². The Bertz CT molecular complexity index is 2720. The van der Waals surface area contributed by atoms with Gasteiger partial charge >= 0.3 is 18.2 Å². The molecule has 20 heteroatoms. The largest absolute Gasteiger partial charge is 0.444 e. The van der Waals surface area contributed by atoms with Gasteiger partial charge in [-0.1, -0.05) is 60.1 Å². The van der Waals surface area contributed by atoms with Crippen LogP contribution in [0.4, 0.5) is 25.8 Å². The Morgan fingerprint density at radius 3 is 2.16 bits per heavy atom. The molecule has 0 spiro atoms. The summed E-state index contributed by atoms with van der Waals surface area (Å²) in [5.41, 5.74) is 3.33. The summed E-state index contributed by atoms with van der Waals surface area (Å²) >= 11 is 6.18. The first-order valence-electron chi connectivity index (χ1n) is 22.4. The minimum Gasteiger partial charge on any atom is -0.444 e. The van der Waals surface area contributed by atoms with Crippen LogP contribution < -0.4 is 31.9 Å². The normalized spacial score (nSPS) is 15.7. The zero-order valence-electron chi connectivity index (χ0n) is 39.7. The predicted octanol–water partition coefficient (Wildman–Crippen LogP) is 6.28. The monoisotopic (exact) mass is 978 g/mol. The molecule has 0 aromatic heterocycles. The maximum atomic E-state index is 14.4. The molecule has 368 valence electrons. The second-order valence-electron chi connectivity index (χ2n) is 17.8. The molecular formula is C50H55ClN8O11. The van der Waals surface area contributed by atoms with Gasteiger partial charge in [-0.2, -0.15) is 0 Å². The van der Waals surface area contributed by atoms with Crippen LogP contribution in [0.5, 0.6) is 0 Å². The van der Waals surface area contributed by atoms with Gasteiger partial charge in [0.2, 0.25) is 17.7 Å². The van der Waals surface area contributed by atoms with Gasteiger partial charge in [-0.3, -0.25) is 28.8 Å². The van der Waals surface area contributed by atoms with E-state index >= 15 is 0 Å². The third-order valence-electron chi connectivity index (χ3n) is 11.4. The molecule has 6 rings (SSSR count). The minimum atomic E-state index is -1.15. The third kappa shape index (κ3) is 12.8. The number of likely N-dealkylation sites (tertiary alicyclic amines) is 1. The van der Waals surface area contributed by atoms with Crippen molar-refractivity contribution in [3.05, 3.63) is 129 Å². The fourth-order valence-corrected chi connectivity index (χ4v) is 7.88. The van der Waals surface area contributed by atoms with Crippen LogP contribution in [0.3, 0.4) is 0 Å². The fourth-order valence-electron chi connectivity index (χ4n) is 7.70. The van der Waals surface area contributed by atoms with Crippen molar-refractivity contribution in [3.8, 4) is 0 Å². The molecule has 2 heterocycles. The first-order valence-corrected chi connectivity index (χ1v) is 22.8. The molecule has 10 amide bonds.